The Morgan fingerprint density at radius 2 is 1.85 bits per heavy atom. The highest BCUT2D eigenvalue weighted by molar-refractivity contribution is 5.84. The SMILES string of the molecule is CC1CCN(C(=O)C23CC4CC5CC(C2)C5(C4)C3)CC1. The molecule has 1 heterocycles. The second-order valence-electron chi connectivity index (χ2n) is 9.01. The Morgan fingerprint density at radius 1 is 1.05 bits per heavy atom. The highest BCUT2D eigenvalue weighted by Crippen LogP contribution is 2.79. The summed E-state index contributed by atoms with van der Waals surface area (Å²) in [6.07, 6.45) is 10.6. The summed E-state index contributed by atoms with van der Waals surface area (Å²) in [4.78, 5) is 15.5. The molecule has 20 heavy (non-hydrogen) atoms. The average molecular weight is 273 g/mol. The van der Waals surface area contributed by atoms with E-state index in [0.717, 1.165) is 36.8 Å². The van der Waals surface area contributed by atoms with Crippen LogP contribution in [0.15, 0.2) is 0 Å². The molecule has 1 saturated heterocycles. The molecule has 0 aromatic rings. The summed E-state index contributed by atoms with van der Waals surface area (Å²) in [5.41, 5.74) is 0.751. The third kappa shape index (κ3) is 1.30. The van der Waals surface area contributed by atoms with Crippen molar-refractivity contribution in [1.82, 2.24) is 4.90 Å². The first-order valence-electron chi connectivity index (χ1n) is 8.91. The number of amides is 1. The van der Waals surface area contributed by atoms with Gasteiger partial charge in [0.1, 0.15) is 0 Å². The molecule has 1 aliphatic heterocycles. The highest BCUT2D eigenvalue weighted by atomic mass is 16.2. The quantitative estimate of drug-likeness (QED) is 0.716. The second-order valence-corrected chi connectivity index (χ2v) is 9.01. The predicted octanol–water partition coefficient (Wildman–Crippen LogP) is 3.46. The van der Waals surface area contributed by atoms with E-state index in [9.17, 15) is 4.79 Å². The van der Waals surface area contributed by atoms with Crippen LogP contribution < -0.4 is 0 Å². The minimum Gasteiger partial charge on any atom is -0.342 e. The van der Waals surface area contributed by atoms with Crippen molar-refractivity contribution in [3.05, 3.63) is 0 Å². The maximum atomic E-state index is 13.2. The van der Waals surface area contributed by atoms with Gasteiger partial charge in [0.2, 0.25) is 5.91 Å². The summed E-state index contributed by atoms with van der Waals surface area (Å²) in [7, 11) is 0. The van der Waals surface area contributed by atoms with Gasteiger partial charge in [0.15, 0.2) is 0 Å². The topological polar surface area (TPSA) is 20.3 Å². The largest absolute Gasteiger partial charge is 0.342 e. The van der Waals surface area contributed by atoms with Crippen molar-refractivity contribution in [2.45, 2.75) is 58.3 Å². The minimum atomic E-state index is 0.0966. The zero-order valence-corrected chi connectivity index (χ0v) is 12.7. The van der Waals surface area contributed by atoms with Crippen LogP contribution in [0, 0.1) is 34.5 Å². The predicted molar refractivity (Wildman–Crippen MR) is 78.0 cm³/mol. The Balaban J connectivity index is 1.42. The monoisotopic (exact) mass is 273 g/mol. The van der Waals surface area contributed by atoms with Gasteiger partial charge >= 0.3 is 0 Å². The molecule has 0 radical (unpaired) electrons. The first-order chi connectivity index (χ1) is 9.61. The van der Waals surface area contributed by atoms with Gasteiger partial charge in [0.05, 0.1) is 5.41 Å². The van der Waals surface area contributed by atoms with E-state index in [-0.39, 0.29) is 5.41 Å². The first-order valence-corrected chi connectivity index (χ1v) is 8.91. The standard InChI is InChI=1S/C18H27NO/c1-12-2-4-19(5-3-12)16(20)17-8-13-6-14-7-15(10-17)18(14,9-13)11-17/h12-15H,2-11H2,1H3. The summed E-state index contributed by atoms with van der Waals surface area (Å²) in [6, 6.07) is 0. The molecule has 1 spiro atoms. The van der Waals surface area contributed by atoms with Crippen molar-refractivity contribution < 1.29 is 4.79 Å². The van der Waals surface area contributed by atoms with E-state index in [1.165, 1.54) is 51.4 Å². The summed E-state index contributed by atoms with van der Waals surface area (Å²) in [5, 5.41) is 0. The lowest BCUT2D eigenvalue weighted by atomic mass is 9.55. The maximum absolute atomic E-state index is 13.2. The van der Waals surface area contributed by atoms with Crippen molar-refractivity contribution in [3.8, 4) is 0 Å². The van der Waals surface area contributed by atoms with Crippen molar-refractivity contribution >= 4 is 5.91 Å². The van der Waals surface area contributed by atoms with Crippen LogP contribution in [0.1, 0.15) is 58.3 Å². The fourth-order valence-corrected chi connectivity index (χ4v) is 7.16. The van der Waals surface area contributed by atoms with Crippen LogP contribution in [-0.2, 0) is 4.79 Å². The molecule has 5 atom stereocenters. The summed E-state index contributed by atoms with van der Waals surface area (Å²) >= 11 is 0. The third-order valence-corrected chi connectivity index (χ3v) is 7.99. The fourth-order valence-electron chi connectivity index (χ4n) is 7.16. The van der Waals surface area contributed by atoms with Crippen molar-refractivity contribution in [2.75, 3.05) is 13.1 Å². The molecule has 1 amide bonds. The molecule has 5 fully saturated rings. The normalized spacial score (nSPS) is 53.0. The minimum absolute atomic E-state index is 0.0966. The molecule has 0 N–H and O–H groups in total. The van der Waals surface area contributed by atoms with Crippen LogP contribution in [0.5, 0.6) is 0 Å². The fraction of sp³-hybridized carbons (Fsp3) is 0.944. The Labute approximate surface area is 122 Å². The molecule has 110 valence electrons. The lowest BCUT2D eigenvalue weighted by Crippen LogP contribution is -2.48. The average Bonchev–Trinajstić information content (AvgIpc) is 2.75. The molecular formula is C18H27NO. The van der Waals surface area contributed by atoms with Crippen LogP contribution in [0.4, 0.5) is 0 Å². The number of carbonyl (C=O) groups excluding carboxylic acids is 1. The Hall–Kier alpha value is -0.530. The number of nitrogens with zero attached hydrogens (tertiary/aromatic N) is 1. The summed E-state index contributed by atoms with van der Waals surface area (Å²) in [6.45, 7) is 4.40. The van der Waals surface area contributed by atoms with Gasteiger partial charge in [0, 0.05) is 13.1 Å². The van der Waals surface area contributed by atoms with E-state index >= 15 is 0 Å². The Morgan fingerprint density at radius 3 is 2.65 bits per heavy atom. The number of hydrogen-bond acceptors (Lipinski definition) is 1. The summed E-state index contributed by atoms with van der Waals surface area (Å²) in [5.74, 6) is 4.22. The highest BCUT2D eigenvalue weighted by Gasteiger charge is 2.72. The van der Waals surface area contributed by atoms with Gasteiger partial charge in [-0.05, 0) is 80.5 Å². The lowest BCUT2D eigenvalue weighted by Gasteiger charge is -2.49. The molecule has 3 bridgehead atoms. The van der Waals surface area contributed by atoms with Crippen LogP contribution in [0.3, 0.4) is 0 Å². The van der Waals surface area contributed by atoms with Crippen LogP contribution >= 0.6 is 0 Å². The molecule has 5 unspecified atom stereocenters. The maximum Gasteiger partial charge on any atom is 0.228 e. The number of hydrogen-bond donors (Lipinski definition) is 0. The molecule has 0 aromatic heterocycles. The molecule has 5 rings (SSSR count). The number of likely N-dealkylation sites (tertiary alicyclic amines) is 1. The molecule has 4 saturated carbocycles. The zero-order chi connectivity index (χ0) is 13.5. The number of rotatable bonds is 1. The van der Waals surface area contributed by atoms with Gasteiger partial charge in [-0.15, -0.1) is 0 Å². The van der Waals surface area contributed by atoms with Crippen molar-refractivity contribution in [2.24, 2.45) is 34.5 Å². The molecule has 0 aromatic carbocycles. The smallest absolute Gasteiger partial charge is 0.228 e. The molecule has 2 nitrogen and oxygen atoms in total. The van der Waals surface area contributed by atoms with Gasteiger partial charge in [-0.25, -0.2) is 0 Å². The molecule has 2 heteroatoms. The Kier molecular flexibility index (Phi) is 2.18. The van der Waals surface area contributed by atoms with Gasteiger partial charge in [0.25, 0.3) is 0 Å². The number of piperidine rings is 1. The van der Waals surface area contributed by atoms with Crippen LogP contribution in [-0.4, -0.2) is 23.9 Å². The van der Waals surface area contributed by atoms with E-state index in [4.69, 9.17) is 0 Å². The van der Waals surface area contributed by atoms with E-state index in [0.29, 0.717) is 11.3 Å². The molecule has 5 aliphatic rings. The molecule has 4 aliphatic carbocycles. The number of carbonyl (C=O) groups is 1. The first kappa shape index (κ1) is 12.1. The number of fused-ring (bicyclic) bond motifs is 2. The van der Waals surface area contributed by atoms with Gasteiger partial charge in [-0.2, -0.15) is 0 Å². The van der Waals surface area contributed by atoms with E-state index in [2.05, 4.69) is 11.8 Å². The van der Waals surface area contributed by atoms with Crippen LogP contribution in [0.25, 0.3) is 0 Å². The zero-order valence-electron chi connectivity index (χ0n) is 12.7. The second kappa shape index (κ2) is 3.62. The summed E-state index contributed by atoms with van der Waals surface area (Å²) < 4.78 is 0. The van der Waals surface area contributed by atoms with Gasteiger partial charge < -0.3 is 4.90 Å². The van der Waals surface area contributed by atoms with Crippen molar-refractivity contribution in [3.63, 3.8) is 0 Å². The van der Waals surface area contributed by atoms with Crippen molar-refractivity contribution in [1.29, 1.82) is 0 Å². The van der Waals surface area contributed by atoms with Gasteiger partial charge in [-0.3, -0.25) is 4.79 Å². The van der Waals surface area contributed by atoms with Crippen LogP contribution in [0.2, 0.25) is 0 Å². The van der Waals surface area contributed by atoms with E-state index < -0.39 is 0 Å². The Bertz CT molecular complexity index is 462. The van der Waals surface area contributed by atoms with E-state index in [1.54, 1.807) is 0 Å². The van der Waals surface area contributed by atoms with Gasteiger partial charge in [-0.1, -0.05) is 6.92 Å². The van der Waals surface area contributed by atoms with E-state index in [1.807, 2.05) is 0 Å². The third-order valence-electron chi connectivity index (χ3n) is 7.99. The molecular weight excluding hydrogens is 246 g/mol. The lowest BCUT2D eigenvalue weighted by molar-refractivity contribution is -0.146.